The van der Waals surface area contributed by atoms with Crippen molar-refractivity contribution in [2.45, 2.75) is 26.2 Å². The lowest BCUT2D eigenvalue weighted by Crippen LogP contribution is -2.30. The van der Waals surface area contributed by atoms with Gasteiger partial charge < -0.3 is 9.64 Å². The van der Waals surface area contributed by atoms with Crippen LogP contribution in [0.25, 0.3) is 0 Å². The second kappa shape index (κ2) is 9.62. The Kier molecular flexibility index (Phi) is 7.51. The molecule has 0 saturated heterocycles. The summed E-state index contributed by atoms with van der Waals surface area (Å²) >= 11 is 3.56. The highest BCUT2D eigenvalue weighted by atomic mass is 79.9. The molecule has 0 saturated carbocycles. The number of hydrogen-bond acceptors (Lipinski definition) is 2. The number of benzene rings is 2. The van der Waals surface area contributed by atoms with Gasteiger partial charge in [-0.3, -0.25) is 4.79 Å². The third-order valence-corrected chi connectivity index (χ3v) is 4.98. The van der Waals surface area contributed by atoms with E-state index in [0.29, 0.717) is 0 Å². The van der Waals surface area contributed by atoms with Crippen molar-refractivity contribution >= 4 is 21.8 Å². The van der Waals surface area contributed by atoms with Gasteiger partial charge in [-0.15, -0.1) is 0 Å². The summed E-state index contributed by atoms with van der Waals surface area (Å²) in [6, 6.07) is 16.1. The van der Waals surface area contributed by atoms with Crippen LogP contribution in [-0.4, -0.2) is 36.3 Å². The fourth-order valence-corrected chi connectivity index (χ4v) is 3.57. The minimum Gasteiger partial charge on any atom is -0.496 e. The largest absolute Gasteiger partial charge is 0.496 e. The van der Waals surface area contributed by atoms with Crippen LogP contribution < -0.4 is 4.74 Å². The molecule has 0 aliphatic heterocycles. The number of amides is 1. The SMILES string of the molecule is CCN(CC)C(=O)c1ccc(C(CCBr)c2ccccc2OC)cc1. The third-order valence-electron chi connectivity index (χ3n) is 4.52. The zero-order valence-electron chi connectivity index (χ0n) is 15.2. The Bertz CT molecular complexity index is 681. The number of carbonyl (C=O) groups excluding carboxylic acids is 1. The predicted molar refractivity (Wildman–Crippen MR) is 107 cm³/mol. The minimum atomic E-state index is 0.0888. The van der Waals surface area contributed by atoms with Gasteiger partial charge in [0.15, 0.2) is 0 Å². The molecule has 2 rings (SSSR count). The molecule has 1 amide bonds. The molecular formula is C21H26BrNO2. The van der Waals surface area contributed by atoms with E-state index in [9.17, 15) is 4.79 Å². The number of hydrogen-bond donors (Lipinski definition) is 0. The summed E-state index contributed by atoms with van der Waals surface area (Å²) in [5, 5.41) is 0.899. The number of rotatable bonds is 8. The molecule has 134 valence electrons. The van der Waals surface area contributed by atoms with Crippen molar-refractivity contribution in [3.8, 4) is 5.75 Å². The molecule has 0 fully saturated rings. The van der Waals surface area contributed by atoms with Crippen molar-refractivity contribution in [3.63, 3.8) is 0 Å². The molecule has 0 radical (unpaired) electrons. The van der Waals surface area contributed by atoms with Gasteiger partial charge in [-0.25, -0.2) is 0 Å². The van der Waals surface area contributed by atoms with Gasteiger partial charge in [-0.05, 0) is 44.0 Å². The number of halogens is 1. The van der Waals surface area contributed by atoms with Gasteiger partial charge in [0.05, 0.1) is 7.11 Å². The summed E-state index contributed by atoms with van der Waals surface area (Å²) < 4.78 is 5.54. The molecule has 1 atom stereocenters. The second-order valence-electron chi connectivity index (χ2n) is 5.87. The normalized spacial score (nSPS) is 11.8. The van der Waals surface area contributed by atoms with Gasteiger partial charge >= 0.3 is 0 Å². The van der Waals surface area contributed by atoms with Gasteiger partial charge in [0, 0.05) is 35.5 Å². The summed E-state index contributed by atoms with van der Waals surface area (Å²) in [4.78, 5) is 14.3. The molecule has 3 nitrogen and oxygen atoms in total. The molecule has 25 heavy (non-hydrogen) atoms. The van der Waals surface area contributed by atoms with Crippen LogP contribution in [0.5, 0.6) is 5.75 Å². The fourth-order valence-electron chi connectivity index (χ4n) is 3.12. The molecule has 2 aromatic rings. The van der Waals surface area contributed by atoms with E-state index >= 15 is 0 Å². The second-order valence-corrected chi connectivity index (χ2v) is 6.66. The Balaban J connectivity index is 2.32. The average Bonchev–Trinajstić information content (AvgIpc) is 2.67. The maximum absolute atomic E-state index is 12.5. The van der Waals surface area contributed by atoms with Crippen LogP contribution in [0.15, 0.2) is 48.5 Å². The molecule has 0 heterocycles. The summed E-state index contributed by atoms with van der Waals surface area (Å²) in [6.07, 6.45) is 0.962. The van der Waals surface area contributed by atoms with Crippen molar-refractivity contribution in [1.29, 1.82) is 0 Å². The lowest BCUT2D eigenvalue weighted by Gasteiger charge is -2.21. The fraction of sp³-hybridized carbons (Fsp3) is 0.381. The molecule has 1 unspecified atom stereocenters. The van der Waals surface area contributed by atoms with Crippen LogP contribution in [-0.2, 0) is 0 Å². The minimum absolute atomic E-state index is 0.0888. The van der Waals surface area contributed by atoms with Gasteiger partial charge in [0.25, 0.3) is 5.91 Å². The highest BCUT2D eigenvalue weighted by Gasteiger charge is 2.19. The highest BCUT2D eigenvalue weighted by Crippen LogP contribution is 2.34. The highest BCUT2D eigenvalue weighted by molar-refractivity contribution is 9.09. The summed E-state index contributed by atoms with van der Waals surface area (Å²) in [7, 11) is 1.70. The molecule has 2 aromatic carbocycles. The molecule has 0 N–H and O–H groups in total. The van der Waals surface area contributed by atoms with E-state index in [4.69, 9.17) is 4.74 Å². The van der Waals surface area contributed by atoms with Crippen molar-refractivity contribution in [1.82, 2.24) is 4.90 Å². The molecular weight excluding hydrogens is 378 g/mol. The molecule has 0 aliphatic rings. The molecule has 0 bridgehead atoms. The predicted octanol–water partition coefficient (Wildman–Crippen LogP) is 5.09. The van der Waals surface area contributed by atoms with Crippen molar-refractivity contribution in [2.75, 3.05) is 25.5 Å². The Morgan fingerprint density at radius 3 is 2.28 bits per heavy atom. The standard InChI is InChI=1S/C21H26BrNO2/c1-4-23(5-2)21(24)17-12-10-16(11-13-17)18(14-15-22)19-8-6-7-9-20(19)25-3/h6-13,18H,4-5,14-15H2,1-3H3. The molecule has 4 heteroatoms. The van der Waals surface area contributed by atoms with Crippen LogP contribution >= 0.6 is 15.9 Å². The van der Waals surface area contributed by atoms with E-state index in [1.165, 1.54) is 11.1 Å². The van der Waals surface area contributed by atoms with Crippen LogP contribution in [0.4, 0.5) is 0 Å². The van der Waals surface area contributed by atoms with E-state index in [2.05, 4.69) is 34.1 Å². The Morgan fingerprint density at radius 1 is 1.08 bits per heavy atom. The van der Waals surface area contributed by atoms with Crippen molar-refractivity contribution in [3.05, 3.63) is 65.2 Å². The summed E-state index contributed by atoms with van der Waals surface area (Å²) in [5.74, 6) is 1.22. The van der Waals surface area contributed by atoms with Crippen molar-refractivity contribution in [2.24, 2.45) is 0 Å². The Labute approximate surface area is 159 Å². The number of methoxy groups -OCH3 is 1. The first kappa shape index (κ1) is 19.5. The average molecular weight is 404 g/mol. The maximum Gasteiger partial charge on any atom is 0.253 e. The van der Waals surface area contributed by atoms with E-state index in [0.717, 1.165) is 36.2 Å². The zero-order valence-corrected chi connectivity index (χ0v) is 16.8. The monoisotopic (exact) mass is 403 g/mol. The number of alkyl halides is 1. The van der Waals surface area contributed by atoms with Crippen molar-refractivity contribution < 1.29 is 9.53 Å². The lowest BCUT2D eigenvalue weighted by atomic mass is 9.88. The summed E-state index contributed by atoms with van der Waals surface area (Å²) in [6.45, 7) is 5.46. The number of para-hydroxylation sites is 1. The van der Waals surface area contributed by atoms with Gasteiger partial charge in [0.2, 0.25) is 0 Å². The van der Waals surface area contributed by atoms with Crippen LogP contribution in [0.1, 0.15) is 47.7 Å². The Hall–Kier alpha value is -1.81. The van der Waals surface area contributed by atoms with Gasteiger partial charge in [-0.2, -0.15) is 0 Å². The first-order chi connectivity index (χ1) is 12.2. The van der Waals surface area contributed by atoms with Gasteiger partial charge in [0.1, 0.15) is 5.75 Å². The van der Waals surface area contributed by atoms with E-state index in [1.54, 1.807) is 7.11 Å². The van der Waals surface area contributed by atoms with E-state index in [-0.39, 0.29) is 11.8 Å². The lowest BCUT2D eigenvalue weighted by molar-refractivity contribution is 0.0773. The van der Waals surface area contributed by atoms with Gasteiger partial charge in [-0.1, -0.05) is 46.3 Å². The smallest absolute Gasteiger partial charge is 0.253 e. The number of ether oxygens (including phenoxy) is 1. The zero-order chi connectivity index (χ0) is 18.2. The third kappa shape index (κ3) is 4.63. The maximum atomic E-state index is 12.5. The van der Waals surface area contributed by atoms with E-state index in [1.807, 2.05) is 49.1 Å². The summed E-state index contributed by atoms with van der Waals surface area (Å²) in [5.41, 5.74) is 3.11. The number of nitrogens with zero attached hydrogens (tertiary/aromatic N) is 1. The Morgan fingerprint density at radius 2 is 1.72 bits per heavy atom. The molecule has 0 aliphatic carbocycles. The van der Waals surface area contributed by atoms with E-state index < -0.39 is 0 Å². The topological polar surface area (TPSA) is 29.5 Å². The van der Waals surface area contributed by atoms with Crippen LogP contribution in [0, 0.1) is 0 Å². The molecule has 0 aromatic heterocycles. The quantitative estimate of drug-likeness (QED) is 0.574. The van der Waals surface area contributed by atoms with Crippen LogP contribution in [0.3, 0.4) is 0 Å². The van der Waals surface area contributed by atoms with Crippen LogP contribution in [0.2, 0.25) is 0 Å². The first-order valence-electron chi connectivity index (χ1n) is 8.74. The number of carbonyl (C=O) groups is 1. The first-order valence-corrected chi connectivity index (χ1v) is 9.86. The molecule has 0 spiro atoms.